The van der Waals surface area contributed by atoms with Crippen molar-refractivity contribution in [2.75, 3.05) is 0 Å². The number of nitro groups is 1. The number of nitro benzene ring substituents is 1. The predicted molar refractivity (Wildman–Crippen MR) is 85.9 cm³/mol. The third kappa shape index (κ3) is 2.87. The summed E-state index contributed by atoms with van der Waals surface area (Å²) in [6.45, 7) is 1.04. The van der Waals surface area contributed by atoms with Crippen molar-refractivity contribution in [2.24, 2.45) is 0 Å². The number of halogens is 2. The number of urea groups is 1. The van der Waals surface area contributed by atoms with E-state index in [9.17, 15) is 28.5 Å². The first-order valence-electron chi connectivity index (χ1n) is 7.55. The molecule has 3 rings (SSSR count). The summed E-state index contributed by atoms with van der Waals surface area (Å²) in [6.07, 6.45) is 0. The molecule has 1 fully saturated rings. The van der Waals surface area contributed by atoms with Crippen molar-refractivity contribution in [1.29, 1.82) is 0 Å². The summed E-state index contributed by atoms with van der Waals surface area (Å²) in [5.41, 5.74) is -1.90. The molecule has 1 heterocycles. The first kappa shape index (κ1) is 17.5. The number of amides is 3. The smallest absolute Gasteiger partial charge is 0.319 e. The lowest BCUT2D eigenvalue weighted by atomic mass is 9.91. The quantitative estimate of drug-likeness (QED) is 0.515. The van der Waals surface area contributed by atoms with Crippen molar-refractivity contribution in [3.63, 3.8) is 0 Å². The van der Waals surface area contributed by atoms with E-state index in [-0.39, 0.29) is 17.8 Å². The van der Waals surface area contributed by atoms with Crippen LogP contribution in [0.25, 0.3) is 0 Å². The molecule has 26 heavy (non-hydrogen) atoms. The maximum atomic E-state index is 14.1. The Balaban J connectivity index is 1.93. The zero-order valence-corrected chi connectivity index (χ0v) is 13.5. The van der Waals surface area contributed by atoms with Gasteiger partial charge in [-0.1, -0.05) is 12.1 Å². The van der Waals surface area contributed by atoms with Gasteiger partial charge in [0.05, 0.1) is 11.5 Å². The Hall–Kier alpha value is -3.36. The molecule has 0 radical (unpaired) electrons. The standard InChI is InChI=1S/C17H13F2N3O4/c1-17(13-8-11(18)5-6-14(13)19)15(23)21(16(24)20-17)9-10-3-2-4-12(7-10)22(25)26/h2-8H,9H2,1H3,(H,20,24). The average molecular weight is 361 g/mol. The zero-order chi connectivity index (χ0) is 19.1. The maximum Gasteiger partial charge on any atom is 0.325 e. The Morgan fingerprint density at radius 1 is 1.19 bits per heavy atom. The van der Waals surface area contributed by atoms with Crippen LogP contribution in [0, 0.1) is 21.7 Å². The number of benzene rings is 2. The largest absolute Gasteiger partial charge is 0.325 e. The molecular formula is C17H13F2N3O4. The van der Waals surface area contributed by atoms with E-state index in [1.807, 2.05) is 0 Å². The van der Waals surface area contributed by atoms with E-state index in [0.29, 0.717) is 5.56 Å². The summed E-state index contributed by atoms with van der Waals surface area (Å²) in [6, 6.07) is 7.30. The normalized spacial score (nSPS) is 19.6. The van der Waals surface area contributed by atoms with Gasteiger partial charge >= 0.3 is 6.03 Å². The van der Waals surface area contributed by atoms with E-state index in [1.165, 1.54) is 31.2 Å². The second kappa shape index (κ2) is 6.17. The highest BCUT2D eigenvalue weighted by atomic mass is 19.1. The molecule has 1 aliphatic rings. The molecular weight excluding hydrogens is 348 g/mol. The van der Waals surface area contributed by atoms with Gasteiger partial charge in [-0.2, -0.15) is 0 Å². The molecule has 1 saturated heterocycles. The summed E-state index contributed by atoms with van der Waals surface area (Å²) in [4.78, 5) is 36.0. The molecule has 134 valence electrons. The number of non-ortho nitro benzene ring substituents is 1. The Morgan fingerprint density at radius 2 is 1.92 bits per heavy atom. The van der Waals surface area contributed by atoms with Crippen LogP contribution >= 0.6 is 0 Å². The molecule has 2 aromatic rings. The Kier molecular flexibility index (Phi) is 4.15. The number of nitrogens with zero attached hydrogens (tertiary/aromatic N) is 2. The molecule has 0 bridgehead atoms. The number of rotatable bonds is 4. The van der Waals surface area contributed by atoms with Gasteiger partial charge in [0, 0.05) is 17.7 Å². The minimum absolute atomic E-state index is 0.187. The lowest BCUT2D eigenvalue weighted by Gasteiger charge is -2.22. The van der Waals surface area contributed by atoms with E-state index in [4.69, 9.17) is 0 Å². The van der Waals surface area contributed by atoms with Crippen LogP contribution in [0.1, 0.15) is 18.1 Å². The Bertz CT molecular complexity index is 934. The highest BCUT2D eigenvalue weighted by Gasteiger charge is 2.50. The van der Waals surface area contributed by atoms with Gasteiger partial charge < -0.3 is 5.32 Å². The second-order valence-electron chi connectivity index (χ2n) is 6.00. The minimum atomic E-state index is -1.77. The van der Waals surface area contributed by atoms with E-state index < -0.39 is 34.0 Å². The molecule has 0 aromatic heterocycles. The van der Waals surface area contributed by atoms with E-state index in [2.05, 4.69) is 5.32 Å². The highest BCUT2D eigenvalue weighted by Crippen LogP contribution is 2.32. The van der Waals surface area contributed by atoms with Crippen LogP contribution in [0.4, 0.5) is 19.3 Å². The van der Waals surface area contributed by atoms with Gasteiger partial charge in [-0.05, 0) is 30.7 Å². The van der Waals surface area contributed by atoms with Crippen molar-refractivity contribution in [1.82, 2.24) is 10.2 Å². The van der Waals surface area contributed by atoms with E-state index in [1.54, 1.807) is 0 Å². The molecule has 1 aliphatic heterocycles. The van der Waals surface area contributed by atoms with Crippen LogP contribution in [-0.2, 0) is 16.9 Å². The summed E-state index contributed by atoms with van der Waals surface area (Å²) in [5.74, 6) is -2.36. The molecule has 0 saturated carbocycles. The fourth-order valence-electron chi connectivity index (χ4n) is 2.85. The molecule has 0 aliphatic carbocycles. The van der Waals surface area contributed by atoms with Crippen LogP contribution in [0.2, 0.25) is 0 Å². The predicted octanol–water partition coefficient (Wildman–Crippen LogP) is 2.84. The van der Waals surface area contributed by atoms with Crippen molar-refractivity contribution < 1.29 is 23.3 Å². The molecule has 3 amide bonds. The maximum absolute atomic E-state index is 14.1. The number of nitrogens with one attached hydrogen (secondary N) is 1. The van der Waals surface area contributed by atoms with Crippen LogP contribution in [0.5, 0.6) is 0 Å². The lowest BCUT2D eigenvalue weighted by Crippen LogP contribution is -2.41. The van der Waals surface area contributed by atoms with Gasteiger partial charge in [-0.25, -0.2) is 13.6 Å². The monoisotopic (exact) mass is 361 g/mol. The van der Waals surface area contributed by atoms with Crippen molar-refractivity contribution in [3.05, 3.63) is 75.3 Å². The number of carbonyl (C=O) groups is 2. The highest BCUT2D eigenvalue weighted by molar-refractivity contribution is 6.07. The number of hydrogen-bond donors (Lipinski definition) is 1. The molecule has 1 N–H and O–H groups in total. The van der Waals surface area contributed by atoms with Crippen LogP contribution in [0.15, 0.2) is 42.5 Å². The molecule has 7 nitrogen and oxygen atoms in total. The SMILES string of the molecule is CC1(c2cc(F)ccc2F)NC(=O)N(Cc2cccc([N+](=O)[O-])c2)C1=O. The lowest BCUT2D eigenvalue weighted by molar-refractivity contribution is -0.384. The summed E-state index contributed by atoms with van der Waals surface area (Å²) in [5, 5.41) is 13.2. The van der Waals surface area contributed by atoms with Gasteiger partial charge in [0.25, 0.3) is 11.6 Å². The van der Waals surface area contributed by atoms with Gasteiger partial charge in [-0.15, -0.1) is 0 Å². The van der Waals surface area contributed by atoms with Crippen molar-refractivity contribution >= 4 is 17.6 Å². The topological polar surface area (TPSA) is 92.6 Å². The van der Waals surface area contributed by atoms with Crippen LogP contribution < -0.4 is 5.32 Å². The zero-order valence-electron chi connectivity index (χ0n) is 13.5. The van der Waals surface area contributed by atoms with Gasteiger partial charge in [0.2, 0.25) is 0 Å². The minimum Gasteiger partial charge on any atom is -0.319 e. The average Bonchev–Trinajstić information content (AvgIpc) is 2.81. The fourth-order valence-corrected chi connectivity index (χ4v) is 2.85. The second-order valence-corrected chi connectivity index (χ2v) is 6.00. The number of hydrogen-bond acceptors (Lipinski definition) is 4. The van der Waals surface area contributed by atoms with Gasteiger partial charge in [0.1, 0.15) is 17.2 Å². The Labute approximate surface area is 146 Å². The van der Waals surface area contributed by atoms with E-state index in [0.717, 1.165) is 23.1 Å². The number of imide groups is 1. The summed E-state index contributed by atoms with van der Waals surface area (Å²) < 4.78 is 27.6. The van der Waals surface area contributed by atoms with Crippen LogP contribution in [0.3, 0.4) is 0 Å². The summed E-state index contributed by atoms with van der Waals surface area (Å²) >= 11 is 0. The third-order valence-electron chi connectivity index (χ3n) is 4.20. The van der Waals surface area contributed by atoms with Crippen molar-refractivity contribution in [3.8, 4) is 0 Å². The number of carbonyl (C=O) groups excluding carboxylic acids is 2. The molecule has 0 spiro atoms. The van der Waals surface area contributed by atoms with Crippen LogP contribution in [-0.4, -0.2) is 21.8 Å². The summed E-state index contributed by atoms with van der Waals surface area (Å²) in [7, 11) is 0. The molecule has 1 unspecified atom stereocenters. The fraction of sp³-hybridized carbons (Fsp3) is 0.176. The first-order chi connectivity index (χ1) is 12.2. The van der Waals surface area contributed by atoms with E-state index >= 15 is 0 Å². The first-order valence-corrected chi connectivity index (χ1v) is 7.55. The molecule has 9 heteroatoms. The van der Waals surface area contributed by atoms with Crippen molar-refractivity contribution in [2.45, 2.75) is 19.0 Å². The van der Waals surface area contributed by atoms with Gasteiger partial charge in [-0.3, -0.25) is 19.8 Å². The molecule has 2 aromatic carbocycles. The van der Waals surface area contributed by atoms with Gasteiger partial charge in [0.15, 0.2) is 0 Å². The molecule has 1 atom stereocenters. The Morgan fingerprint density at radius 3 is 2.62 bits per heavy atom. The third-order valence-corrected chi connectivity index (χ3v) is 4.20.